The zero-order chi connectivity index (χ0) is 13.3. The van der Waals surface area contributed by atoms with Gasteiger partial charge >= 0.3 is 0 Å². The number of aliphatic hydroxyl groups is 1. The van der Waals surface area contributed by atoms with E-state index in [4.69, 9.17) is 0 Å². The van der Waals surface area contributed by atoms with E-state index in [1.807, 2.05) is 16.9 Å². The summed E-state index contributed by atoms with van der Waals surface area (Å²) in [4.78, 5) is 2.21. The quantitative estimate of drug-likeness (QED) is 0.888. The van der Waals surface area contributed by atoms with Gasteiger partial charge in [-0.15, -0.1) is 0 Å². The Morgan fingerprint density at radius 3 is 2.89 bits per heavy atom. The van der Waals surface area contributed by atoms with Crippen LogP contribution in [0.2, 0.25) is 0 Å². The molecule has 0 spiro atoms. The Balaban J connectivity index is 2.04. The number of aromatic nitrogens is 2. The lowest BCUT2D eigenvalue weighted by atomic mass is 9.95. The van der Waals surface area contributed by atoms with Crippen molar-refractivity contribution in [1.29, 1.82) is 0 Å². The molecule has 0 bridgehead atoms. The average Bonchev–Trinajstić information content (AvgIpc) is 2.84. The fourth-order valence-corrected chi connectivity index (χ4v) is 2.76. The molecule has 2 rings (SSSR count). The first kappa shape index (κ1) is 13.6. The predicted octanol–water partition coefficient (Wildman–Crippen LogP) is 1.85. The zero-order valence-electron chi connectivity index (χ0n) is 11.9. The minimum absolute atomic E-state index is 0.429. The number of nitrogens with zero attached hydrogens (tertiary/aromatic N) is 3. The fraction of sp³-hybridized carbons (Fsp3) is 0.786. The van der Waals surface area contributed by atoms with Gasteiger partial charge in [-0.05, 0) is 39.8 Å². The van der Waals surface area contributed by atoms with E-state index in [1.165, 1.54) is 0 Å². The molecule has 1 aromatic rings. The van der Waals surface area contributed by atoms with E-state index in [9.17, 15) is 5.11 Å². The van der Waals surface area contributed by atoms with Crippen molar-refractivity contribution < 1.29 is 5.11 Å². The molecule has 1 saturated heterocycles. The molecule has 1 fully saturated rings. The number of β-amino-alcohol motifs (C(OH)–C–C–N with tert-alkyl or cyclic N) is 1. The normalized spacial score (nSPS) is 30.8. The predicted molar refractivity (Wildman–Crippen MR) is 72.6 cm³/mol. The maximum atomic E-state index is 10.6. The Morgan fingerprint density at radius 2 is 2.33 bits per heavy atom. The third-order valence-corrected chi connectivity index (χ3v) is 4.19. The molecule has 4 nitrogen and oxygen atoms in total. The van der Waals surface area contributed by atoms with Crippen LogP contribution >= 0.6 is 0 Å². The largest absolute Gasteiger partial charge is 0.388 e. The molecule has 0 amide bonds. The Kier molecular flexibility index (Phi) is 3.78. The highest BCUT2D eigenvalue weighted by Gasteiger charge is 2.39. The van der Waals surface area contributed by atoms with Crippen molar-refractivity contribution in [3.8, 4) is 0 Å². The summed E-state index contributed by atoms with van der Waals surface area (Å²) in [6.07, 6.45) is 4.59. The first-order valence-electron chi connectivity index (χ1n) is 6.90. The van der Waals surface area contributed by atoms with Crippen LogP contribution in [0, 0.1) is 0 Å². The molecule has 2 heterocycles. The number of likely N-dealkylation sites (N-methyl/N-ethyl adjacent to an activating group) is 1. The van der Waals surface area contributed by atoms with Gasteiger partial charge in [0.25, 0.3) is 0 Å². The lowest BCUT2D eigenvalue weighted by Crippen LogP contribution is -2.34. The molecule has 4 heteroatoms. The highest BCUT2D eigenvalue weighted by atomic mass is 16.3. The minimum Gasteiger partial charge on any atom is -0.388 e. The van der Waals surface area contributed by atoms with E-state index in [1.54, 1.807) is 0 Å². The summed E-state index contributed by atoms with van der Waals surface area (Å²) < 4.78 is 2.00. The molecule has 0 aliphatic carbocycles. The van der Waals surface area contributed by atoms with Crippen LogP contribution < -0.4 is 0 Å². The molecule has 102 valence electrons. The Hall–Kier alpha value is -0.870. The molecule has 3 atom stereocenters. The van der Waals surface area contributed by atoms with Crippen LogP contribution in [-0.4, -0.2) is 45.0 Å². The molecular formula is C14H25N3O. The van der Waals surface area contributed by atoms with Crippen molar-refractivity contribution in [3.63, 3.8) is 0 Å². The summed E-state index contributed by atoms with van der Waals surface area (Å²) in [6, 6.07) is 2.91. The van der Waals surface area contributed by atoms with E-state index < -0.39 is 5.60 Å². The lowest BCUT2D eigenvalue weighted by molar-refractivity contribution is 0.0509. The summed E-state index contributed by atoms with van der Waals surface area (Å²) in [6.45, 7) is 7.23. The molecule has 0 aromatic carbocycles. The second kappa shape index (κ2) is 5.02. The van der Waals surface area contributed by atoms with Gasteiger partial charge in [0, 0.05) is 31.2 Å². The van der Waals surface area contributed by atoms with Gasteiger partial charge in [0.15, 0.2) is 0 Å². The third kappa shape index (κ3) is 2.75. The highest BCUT2D eigenvalue weighted by Crippen LogP contribution is 2.28. The van der Waals surface area contributed by atoms with Crippen LogP contribution in [0.3, 0.4) is 0 Å². The van der Waals surface area contributed by atoms with Gasteiger partial charge in [0.05, 0.1) is 11.3 Å². The molecular weight excluding hydrogens is 226 g/mol. The van der Waals surface area contributed by atoms with Gasteiger partial charge in [0.2, 0.25) is 0 Å². The topological polar surface area (TPSA) is 41.3 Å². The summed E-state index contributed by atoms with van der Waals surface area (Å²) in [5.74, 6) is 0. The molecule has 0 saturated carbocycles. The Morgan fingerprint density at radius 1 is 1.61 bits per heavy atom. The van der Waals surface area contributed by atoms with Crippen LogP contribution in [0.15, 0.2) is 12.3 Å². The van der Waals surface area contributed by atoms with Gasteiger partial charge in [-0.3, -0.25) is 4.68 Å². The summed E-state index contributed by atoms with van der Waals surface area (Å²) in [5.41, 5.74) is 0.392. The van der Waals surface area contributed by atoms with Crippen LogP contribution in [0.5, 0.6) is 0 Å². The maximum absolute atomic E-state index is 10.6. The van der Waals surface area contributed by atoms with Gasteiger partial charge in [-0.1, -0.05) is 6.92 Å². The molecule has 1 aliphatic heterocycles. The van der Waals surface area contributed by atoms with Crippen LogP contribution in [-0.2, 0) is 6.42 Å². The lowest BCUT2D eigenvalue weighted by Gasteiger charge is -2.21. The fourth-order valence-electron chi connectivity index (χ4n) is 2.76. The summed E-state index contributed by atoms with van der Waals surface area (Å²) in [5, 5.41) is 15.2. The Bertz CT molecular complexity index is 391. The SMILES string of the molecule is CCC(C)n1ccc(CC2(O)CC(C)N(C)C2)n1. The van der Waals surface area contributed by atoms with E-state index in [0.29, 0.717) is 18.5 Å². The Labute approximate surface area is 110 Å². The first-order valence-corrected chi connectivity index (χ1v) is 6.90. The molecule has 3 unspecified atom stereocenters. The first-order chi connectivity index (χ1) is 8.43. The second-order valence-electron chi connectivity index (χ2n) is 5.91. The van der Waals surface area contributed by atoms with E-state index >= 15 is 0 Å². The van der Waals surface area contributed by atoms with Gasteiger partial charge in [-0.25, -0.2) is 0 Å². The average molecular weight is 251 g/mol. The van der Waals surface area contributed by atoms with Crippen molar-refractivity contribution >= 4 is 0 Å². The van der Waals surface area contributed by atoms with Crippen molar-refractivity contribution in [1.82, 2.24) is 14.7 Å². The third-order valence-electron chi connectivity index (χ3n) is 4.19. The maximum Gasteiger partial charge on any atom is 0.0844 e. The number of hydrogen-bond donors (Lipinski definition) is 1. The van der Waals surface area contributed by atoms with Crippen LogP contribution in [0.1, 0.15) is 45.3 Å². The zero-order valence-corrected chi connectivity index (χ0v) is 11.9. The van der Waals surface area contributed by atoms with E-state index in [-0.39, 0.29) is 0 Å². The molecule has 1 aliphatic rings. The number of hydrogen-bond acceptors (Lipinski definition) is 3. The number of likely N-dealkylation sites (tertiary alicyclic amines) is 1. The van der Waals surface area contributed by atoms with Crippen molar-refractivity contribution in [3.05, 3.63) is 18.0 Å². The molecule has 0 radical (unpaired) electrons. The molecule has 1 aromatic heterocycles. The molecule has 1 N–H and O–H groups in total. The summed E-state index contributed by atoms with van der Waals surface area (Å²) >= 11 is 0. The van der Waals surface area contributed by atoms with Gasteiger partial charge in [0.1, 0.15) is 0 Å². The standard InChI is InChI=1S/C14H25N3O/c1-5-11(2)17-7-6-13(15-17)9-14(18)8-12(3)16(4)10-14/h6-7,11-12,18H,5,8-10H2,1-4H3. The smallest absolute Gasteiger partial charge is 0.0844 e. The van der Waals surface area contributed by atoms with Gasteiger partial charge < -0.3 is 10.0 Å². The van der Waals surface area contributed by atoms with Crippen molar-refractivity contribution in [2.24, 2.45) is 0 Å². The van der Waals surface area contributed by atoms with Crippen LogP contribution in [0.25, 0.3) is 0 Å². The highest BCUT2D eigenvalue weighted by molar-refractivity contribution is 5.08. The van der Waals surface area contributed by atoms with Crippen molar-refractivity contribution in [2.75, 3.05) is 13.6 Å². The monoisotopic (exact) mass is 251 g/mol. The van der Waals surface area contributed by atoms with Crippen molar-refractivity contribution in [2.45, 2.75) is 57.7 Å². The minimum atomic E-state index is -0.608. The number of rotatable bonds is 4. The van der Waals surface area contributed by atoms with Crippen LogP contribution in [0.4, 0.5) is 0 Å². The van der Waals surface area contributed by atoms with E-state index in [2.05, 4.69) is 37.8 Å². The van der Waals surface area contributed by atoms with E-state index in [0.717, 1.165) is 25.1 Å². The van der Waals surface area contributed by atoms with Gasteiger partial charge in [-0.2, -0.15) is 5.10 Å². The molecule has 18 heavy (non-hydrogen) atoms. The summed E-state index contributed by atoms with van der Waals surface area (Å²) in [7, 11) is 2.07. The second-order valence-corrected chi connectivity index (χ2v) is 5.91.